The lowest BCUT2D eigenvalue weighted by Gasteiger charge is -2.08. The van der Waals surface area contributed by atoms with E-state index in [1.807, 2.05) is 19.1 Å². The zero-order chi connectivity index (χ0) is 12.0. The molecule has 0 fully saturated rings. The van der Waals surface area contributed by atoms with Gasteiger partial charge in [0.05, 0.1) is 15.5 Å². The minimum absolute atomic E-state index is 0.399. The van der Waals surface area contributed by atoms with Crippen molar-refractivity contribution >= 4 is 21.3 Å². The third-order valence-corrected chi connectivity index (χ3v) is 4.75. The second-order valence-corrected chi connectivity index (χ2v) is 6.42. The summed E-state index contributed by atoms with van der Waals surface area (Å²) in [7, 11) is -2.20. The summed E-state index contributed by atoms with van der Waals surface area (Å²) in [6, 6.07) is 7.35. The summed E-state index contributed by atoms with van der Waals surface area (Å²) in [6.07, 6.45) is 0. The number of nitrogens with zero attached hydrogens (tertiary/aromatic N) is 1. The van der Waals surface area contributed by atoms with Gasteiger partial charge in [0.25, 0.3) is 0 Å². The highest BCUT2D eigenvalue weighted by Crippen LogP contribution is 2.13. The summed E-state index contributed by atoms with van der Waals surface area (Å²) in [4.78, 5) is 0. The summed E-state index contributed by atoms with van der Waals surface area (Å²) in [5, 5.41) is 0.682. The van der Waals surface area contributed by atoms with Gasteiger partial charge in [0, 0.05) is 23.9 Å². The van der Waals surface area contributed by atoms with Crippen LogP contribution in [0.1, 0.15) is 12.5 Å². The van der Waals surface area contributed by atoms with Crippen molar-refractivity contribution in [2.75, 3.05) is 18.8 Å². The van der Waals surface area contributed by atoms with Gasteiger partial charge in [-0.05, 0) is 24.6 Å². The van der Waals surface area contributed by atoms with Crippen LogP contribution >= 0.6 is 11.6 Å². The van der Waals surface area contributed by atoms with E-state index >= 15 is 0 Å². The number of benzene rings is 1. The fourth-order valence-electron chi connectivity index (χ4n) is 1.44. The molecule has 1 unspecified atom stereocenters. The largest absolute Gasteiger partial charge is 0.330 e. The van der Waals surface area contributed by atoms with Crippen molar-refractivity contribution in [3.63, 3.8) is 0 Å². The maximum absolute atomic E-state index is 12.4. The molecule has 16 heavy (non-hydrogen) atoms. The van der Waals surface area contributed by atoms with Gasteiger partial charge in [-0.1, -0.05) is 23.7 Å². The molecule has 0 aliphatic heterocycles. The average molecular weight is 261 g/mol. The lowest BCUT2D eigenvalue weighted by atomic mass is 10.2. The molecule has 5 heteroatoms. The maximum atomic E-state index is 12.4. The van der Waals surface area contributed by atoms with Gasteiger partial charge in [-0.25, -0.2) is 8.57 Å². The van der Waals surface area contributed by atoms with Crippen LogP contribution in [0, 0.1) is 0 Å². The smallest absolute Gasteiger partial charge is 0.0568 e. The number of hydrogen-bond donors (Lipinski definition) is 1. The molecule has 2 N–H and O–H groups in total. The fraction of sp³-hybridized carbons (Fsp3) is 0.455. The highest BCUT2D eigenvalue weighted by molar-refractivity contribution is 7.92. The number of nitrogens with two attached hydrogens (primary N) is 1. The molecule has 0 aromatic heterocycles. The van der Waals surface area contributed by atoms with Crippen LogP contribution in [0.2, 0.25) is 5.02 Å². The van der Waals surface area contributed by atoms with E-state index in [-0.39, 0.29) is 0 Å². The first-order chi connectivity index (χ1) is 7.59. The van der Waals surface area contributed by atoms with E-state index in [9.17, 15) is 4.21 Å². The Kier molecular flexibility index (Phi) is 5.25. The summed E-state index contributed by atoms with van der Waals surface area (Å²) in [6.45, 7) is 2.85. The molecule has 3 nitrogen and oxygen atoms in total. The molecule has 0 aliphatic carbocycles. The van der Waals surface area contributed by atoms with Crippen LogP contribution in [0.3, 0.4) is 0 Å². The molecular formula is C11H17ClN2OS. The van der Waals surface area contributed by atoms with E-state index in [1.165, 1.54) is 0 Å². The van der Waals surface area contributed by atoms with Gasteiger partial charge in [-0.2, -0.15) is 0 Å². The Labute approximate surface area is 102 Å². The molecule has 0 amide bonds. The lowest BCUT2D eigenvalue weighted by Crippen LogP contribution is -2.17. The molecule has 90 valence electrons. The normalized spacial score (nSPS) is 14.4. The van der Waals surface area contributed by atoms with Crippen molar-refractivity contribution in [1.29, 1.82) is 0 Å². The lowest BCUT2D eigenvalue weighted by molar-refractivity contribution is 0.674. The molecule has 0 saturated carbocycles. The summed E-state index contributed by atoms with van der Waals surface area (Å²) < 4.78 is 16.5. The van der Waals surface area contributed by atoms with Crippen molar-refractivity contribution in [2.24, 2.45) is 10.1 Å². The molecule has 0 aliphatic rings. The van der Waals surface area contributed by atoms with Crippen LogP contribution in [0.4, 0.5) is 0 Å². The topological polar surface area (TPSA) is 55.5 Å². The Hall–Kier alpha value is -0.580. The van der Waals surface area contributed by atoms with Crippen molar-refractivity contribution in [3.8, 4) is 0 Å². The first-order valence-electron chi connectivity index (χ1n) is 5.22. The molecular weight excluding hydrogens is 244 g/mol. The van der Waals surface area contributed by atoms with Crippen LogP contribution in [0.15, 0.2) is 28.6 Å². The minimum atomic E-state index is -2.20. The van der Waals surface area contributed by atoms with E-state index in [0.717, 1.165) is 5.56 Å². The highest BCUT2D eigenvalue weighted by Gasteiger charge is 2.08. The van der Waals surface area contributed by atoms with Crippen molar-refractivity contribution in [2.45, 2.75) is 12.7 Å². The van der Waals surface area contributed by atoms with Crippen LogP contribution in [0.25, 0.3) is 0 Å². The fourth-order valence-corrected chi connectivity index (χ4v) is 3.49. The monoisotopic (exact) mass is 260 g/mol. The number of halogens is 1. The molecule has 0 bridgehead atoms. The molecule has 0 radical (unpaired) electrons. The van der Waals surface area contributed by atoms with Gasteiger partial charge in [0.15, 0.2) is 0 Å². The predicted octanol–water partition coefficient (Wildman–Crippen LogP) is 2.29. The van der Waals surface area contributed by atoms with E-state index < -0.39 is 9.73 Å². The third-order valence-electron chi connectivity index (χ3n) is 2.11. The number of rotatable bonds is 5. The van der Waals surface area contributed by atoms with Gasteiger partial charge in [0.2, 0.25) is 0 Å². The van der Waals surface area contributed by atoms with Crippen LogP contribution in [-0.2, 0) is 15.5 Å². The Bertz CT molecular complexity index is 436. The SMILES string of the molecule is CCN=S(=O)(CCN)Cc1ccc(Cl)cc1. The zero-order valence-corrected chi connectivity index (χ0v) is 10.9. The molecule has 0 spiro atoms. The van der Waals surface area contributed by atoms with E-state index in [4.69, 9.17) is 17.3 Å². The standard InChI is InChI=1S/C11H17ClN2OS/c1-2-14-16(15,8-7-13)9-10-3-5-11(12)6-4-10/h3-6H,2,7-9,13H2,1H3. The molecule has 1 aromatic rings. The van der Waals surface area contributed by atoms with Gasteiger partial charge in [0.1, 0.15) is 0 Å². The van der Waals surface area contributed by atoms with E-state index in [0.29, 0.717) is 29.6 Å². The molecule has 1 rings (SSSR count). The minimum Gasteiger partial charge on any atom is -0.330 e. The average Bonchev–Trinajstić information content (AvgIpc) is 2.22. The second-order valence-electron chi connectivity index (χ2n) is 3.48. The third kappa shape index (κ3) is 4.12. The molecule has 1 aromatic carbocycles. The van der Waals surface area contributed by atoms with Crippen LogP contribution in [0.5, 0.6) is 0 Å². The van der Waals surface area contributed by atoms with Gasteiger partial charge < -0.3 is 5.73 Å². The van der Waals surface area contributed by atoms with Gasteiger partial charge in [-0.15, -0.1) is 0 Å². The van der Waals surface area contributed by atoms with Gasteiger partial charge in [-0.3, -0.25) is 0 Å². The maximum Gasteiger partial charge on any atom is 0.0568 e. The molecule has 0 saturated heterocycles. The van der Waals surface area contributed by atoms with E-state index in [2.05, 4.69) is 4.36 Å². The Morgan fingerprint density at radius 3 is 2.50 bits per heavy atom. The molecule has 0 heterocycles. The quantitative estimate of drug-likeness (QED) is 0.883. The van der Waals surface area contributed by atoms with Crippen LogP contribution < -0.4 is 5.73 Å². The predicted molar refractivity (Wildman–Crippen MR) is 70.2 cm³/mol. The van der Waals surface area contributed by atoms with Crippen molar-refractivity contribution in [1.82, 2.24) is 0 Å². The van der Waals surface area contributed by atoms with Crippen molar-refractivity contribution in [3.05, 3.63) is 34.9 Å². The second kappa shape index (κ2) is 6.23. The zero-order valence-electron chi connectivity index (χ0n) is 9.36. The summed E-state index contributed by atoms with van der Waals surface area (Å²) >= 11 is 5.79. The summed E-state index contributed by atoms with van der Waals surface area (Å²) in [5.74, 6) is 0.901. The van der Waals surface area contributed by atoms with Crippen molar-refractivity contribution < 1.29 is 4.21 Å². The Balaban J connectivity index is 2.88. The first-order valence-corrected chi connectivity index (χ1v) is 7.45. The molecule has 1 atom stereocenters. The summed E-state index contributed by atoms with van der Waals surface area (Å²) in [5.41, 5.74) is 6.45. The highest BCUT2D eigenvalue weighted by atomic mass is 35.5. The van der Waals surface area contributed by atoms with E-state index in [1.54, 1.807) is 12.1 Å². The van der Waals surface area contributed by atoms with Gasteiger partial charge >= 0.3 is 0 Å². The Morgan fingerprint density at radius 1 is 1.38 bits per heavy atom. The number of hydrogen-bond acceptors (Lipinski definition) is 3. The van der Waals surface area contributed by atoms with Crippen LogP contribution in [-0.4, -0.2) is 23.1 Å². The first kappa shape index (κ1) is 13.5. The Morgan fingerprint density at radius 2 is 2.00 bits per heavy atom.